The van der Waals surface area contributed by atoms with Crippen LogP contribution in [0.15, 0.2) is 12.2 Å². The van der Waals surface area contributed by atoms with E-state index in [1.165, 1.54) is 13.0 Å². The Morgan fingerprint density at radius 1 is 1.25 bits per heavy atom. The number of fused-ring (bicyclic) bond motifs is 2. The van der Waals surface area contributed by atoms with Gasteiger partial charge in [0.25, 0.3) is 0 Å². The van der Waals surface area contributed by atoms with E-state index < -0.39 is 0 Å². The van der Waals surface area contributed by atoms with Crippen molar-refractivity contribution in [2.45, 2.75) is 13.3 Å². The van der Waals surface area contributed by atoms with E-state index in [0.717, 1.165) is 23.7 Å². The van der Waals surface area contributed by atoms with E-state index in [9.17, 15) is 0 Å². The monoisotopic (exact) mass is 165 g/mol. The summed E-state index contributed by atoms with van der Waals surface area (Å²) < 4.78 is 0. The molecule has 0 aromatic heterocycles. The van der Waals surface area contributed by atoms with E-state index in [0.29, 0.717) is 0 Å². The number of hydrogen-bond acceptors (Lipinski definition) is 1. The van der Waals surface area contributed by atoms with Crippen LogP contribution < -0.4 is 0 Å². The number of rotatable bonds is 2. The molecule has 2 rings (SSSR count). The van der Waals surface area contributed by atoms with Crippen LogP contribution in [-0.4, -0.2) is 25.5 Å². The van der Waals surface area contributed by atoms with Gasteiger partial charge in [-0.15, -0.1) is 0 Å². The third kappa shape index (κ3) is 1.20. The first-order valence-electron chi connectivity index (χ1n) is 5.01. The topological polar surface area (TPSA) is 3.24 Å². The fourth-order valence-corrected chi connectivity index (χ4v) is 2.89. The summed E-state index contributed by atoms with van der Waals surface area (Å²) in [4.78, 5) is 2.33. The third-order valence-corrected chi connectivity index (χ3v) is 3.63. The van der Waals surface area contributed by atoms with Crippen molar-refractivity contribution in [3.05, 3.63) is 12.2 Å². The molecule has 2 aliphatic carbocycles. The van der Waals surface area contributed by atoms with Crippen molar-refractivity contribution in [3.63, 3.8) is 0 Å². The van der Waals surface area contributed by atoms with Crippen LogP contribution >= 0.6 is 0 Å². The first kappa shape index (κ1) is 8.31. The van der Waals surface area contributed by atoms with Crippen molar-refractivity contribution < 1.29 is 0 Å². The Hall–Kier alpha value is -0.300. The van der Waals surface area contributed by atoms with E-state index in [1.54, 1.807) is 0 Å². The summed E-state index contributed by atoms with van der Waals surface area (Å²) in [7, 11) is 4.37. The standard InChI is InChI=1S/C11H19N/c1-8-9-4-5-10(6-9)11(8)7-12(2)3/h4-5,8-11H,6-7H2,1-3H3. The van der Waals surface area contributed by atoms with Gasteiger partial charge in [-0.1, -0.05) is 19.1 Å². The van der Waals surface area contributed by atoms with Crippen LogP contribution in [0, 0.1) is 23.7 Å². The molecule has 0 N–H and O–H groups in total. The molecule has 1 nitrogen and oxygen atoms in total. The molecule has 2 bridgehead atoms. The molecule has 0 aromatic rings. The van der Waals surface area contributed by atoms with Gasteiger partial charge in [0.2, 0.25) is 0 Å². The molecule has 1 fully saturated rings. The second kappa shape index (κ2) is 2.88. The van der Waals surface area contributed by atoms with Crippen molar-refractivity contribution in [1.82, 2.24) is 4.90 Å². The SMILES string of the molecule is CC1C2C=CC(C2)C1CN(C)C. The second-order valence-corrected chi connectivity index (χ2v) is 4.73. The molecule has 0 aliphatic heterocycles. The highest BCUT2D eigenvalue weighted by Gasteiger charge is 2.41. The minimum Gasteiger partial charge on any atom is -0.309 e. The van der Waals surface area contributed by atoms with Gasteiger partial charge in [0, 0.05) is 6.54 Å². The molecule has 0 heterocycles. The summed E-state index contributed by atoms with van der Waals surface area (Å²) in [5.74, 6) is 3.64. The summed E-state index contributed by atoms with van der Waals surface area (Å²) in [5.41, 5.74) is 0. The average Bonchev–Trinajstić information content (AvgIpc) is 2.53. The Morgan fingerprint density at radius 3 is 2.42 bits per heavy atom. The zero-order chi connectivity index (χ0) is 8.72. The van der Waals surface area contributed by atoms with Gasteiger partial charge >= 0.3 is 0 Å². The molecule has 1 heteroatoms. The molecule has 0 radical (unpaired) electrons. The van der Waals surface area contributed by atoms with Crippen LogP contribution in [-0.2, 0) is 0 Å². The third-order valence-electron chi connectivity index (χ3n) is 3.63. The van der Waals surface area contributed by atoms with Crippen LogP contribution in [0.4, 0.5) is 0 Å². The van der Waals surface area contributed by atoms with E-state index in [1.807, 2.05) is 0 Å². The molecular weight excluding hydrogens is 146 g/mol. The van der Waals surface area contributed by atoms with Crippen molar-refractivity contribution in [2.75, 3.05) is 20.6 Å². The predicted molar refractivity (Wildman–Crippen MR) is 51.9 cm³/mol. The Kier molecular flexibility index (Phi) is 1.99. The number of nitrogens with zero attached hydrogens (tertiary/aromatic N) is 1. The zero-order valence-corrected chi connectivity index (χ0v) is 8.33. The summed E-state index contributed by atoms with van der Waals surface area (Å²) in [5, 5.41) is 0. The van der Waals surface area contributed by atoms with E-state index in [4.69, 9.17) is 0 Å². The van der Waals surface area contributed by atoms with Crippen molar-refractivity contribution >= 4 is 0 Å². The minimum atomic E-state index is 0.896. The Balaban J connectivity index is 2.03. The van der Waals surface area contributed by atoms with Crippen LogP contribution in [0.1, 0.15) is 13.3 Å². The molecule has 12 heavy (non-hydrogen) atoms. The van der Waals surface area contributed by atoms with Crippen LogP contribution in [0.25, 0.3) is 0 Å². The van der Waals surface area contributed by atoms with E-state index >= 15 is 0 Å². The molecule has 4 atom stereocenters. The normalized spacial score (nSPS) is 44.7. The minimum absolute atomic E-state index is 0.896. The van der Waals surface area contributed by atoms with Crippen molar-refractivity contribution in [1.29, 1.82) is 0 Å². The fourth-order valence-electron chi connectivity index (χ4n) is 2.89. The number of hydrogen-bond donors (Lipinski definition) is 0. The lowest BCUT2D eigenvalue weighted by atomic mass is 9.84. The smallest absolute Gasteiger partial charge is 0.00120 e. The van der Waals surface area contributed by atoms with Gasteiger partial charge in [-0.3, -0.25) is 0 Å². The van der Waals surface area contributed by atoms with Gasteiger partial charge in [0.1, 0.15) is 0 Å². The lowest BCUT2D eigenvalue weighted by Crippen LogP contribution is -2.28. The first-order chi connectivity index (χ1) is 5.68. The molecule has 2 aliphatic rings. The maximum Gasteiger partial charge on any atom is 0.00120 e. The quantitative estimate of drug-likeness (QED) is 0.566. The summed E-state index contributed by atoms with van der Waals surface area (Å²) in [6, 6.07) is 0. The molecule has 0 saturated heterocycles. The molecule has 0 amide bonds. The lowest BCUT2D eigenvalue weighted by Gasteiger charge is -2.27. The molecule has 68 valence electrons. The molecule has 1 saturated carbocycles. The molecule has 0 spiro atoms. The van der Waals surface area contributed by atoms with Gasteiger partial charge in [0.05, 0.1) is 0 Å². The van der Waals surface area contributed by atoms with Gasteiger partial charge < -0.3 is 4.90 Å². The highest BCUT2D eigenvalue weighted by Crippen LogP contribution is 2.47. The Labute approximate surface area is 75.4 Å². The molecular formula is C11H19N. The first-order valence-corrected chi connectivity index (χ1v) is 5.01. The second-order valence-electron chi connectivity index (χ2n) is 4.73. The maximum absolute atomic E-state index is 2.44. The van der Waals surface area contributed by atoms with Crippen LogP contribution in [0.2, 0.25) is 0 Å². The predicted octanol–water partition coefficient (Wildman–Crippen LogP) is 2.01. The van der Waals surface area contributed by atoms with E-state index in [-0.39, 0.29) is 0 Å². The van der Waals surface area contributed by atoms with Crippen LogP contribution in [0.5, 0.6) is 0 Å². The highest BCUT2D eigenvalue weighted by atomic mass is 15.1. The van der Waals surface area contributed by atoms with Crippen molar-refractivity contribution in [2.24, 2.45) is 23.7 Å². The number of allylic oxidation sites excluding steroid dienone is 2. The molecule has 0 aromatic carbocycles. The van der Waals surface area contributed by atoms with Crippen LogP contribution in [0.3, 0.4) is 0 Å². The Morgan fingerprint density at radius 2 is 1.92 bits per heavy atom. The fraction of sp³-hybridized carbons (Fsp3) is 0.818. The summed E-state index contributed by atoms with van der Waals surface area (Å²) in [6.07, 6.45) is 6.31. The molecule has 4 unspecified atom stereocenters. The van der Waals surface area contributed by atoms with Gasteiger partial charge in [-0.2, -0.15) is 0 Å². The maximum atomic E-state index is 2.44. The summed E-state index contributed by atoms with van der Waals surface area (Å²) in [6.45, 7) is 3.69. The largest absolute Gasteiger partial charge is 0.309 e. The zero-order valence-electron chi connectivity index (χ0n) is 8.33. The lowest BCUT2D eigenvalue weighted by molar-refractivity contribution is 0.243. The summed E-state index contributed by atoms with van der Waals surface area (Å²) >= 11 is 0. The van der Waals surface area contributed by atoms with Gasteiger partial charge in [0.15, 0.2) is 0 Å². The van der Waals surface area contributed by atoms with E-state index in [2.05, 4.69) is 38.1 Å². The average molecular weight is 165 g/mol. The van der Waals surface area contributed by atoms with Gasteiger partial charge in [-0.05, 0) is 44.2 Å². The Bertz CT molecular complexity index is 195. The highest BCUT2D eigenvalue weighted by molar-refractivity contribution is 5.12. The van der Waals surface area contributed by atoms with Crippen molar-refractivity contribution in [3.8, 4) is 0 Å². The van der Waals surface area contributed by atoms with Gasteiger partial charge in [-0.25, -0.2) is 0 Å².